The Morgan fingerprint density at radius 3 is 2.38 bits per heavy atom. The Balaban J connectivity index is 2.61. The summed E-state index contributed by atoms with van der Waals surface area (Å²) in [5.41, 5.74) is 0.369. The van der Waals surface area contributed by atoms with Gasteiger partial charge in [0.05, 0.1) is 6.26 Å². The van der Waals surface area contributed by atoms with Gasteiger partial charge in [0.15, 0.2) is 0 Å². The quantitative estimate of drug-likeness (QED) is 0.591. The minimum absolute atomic E-state index is 0.369. The lowest BCUT2D eigenvalue weighted by molar-refractivity contribution is -0.000269. The van der Waals surface area contributed by atoms with Crippen LogP contribution < -0.4 is 0 Å². The Morgan fingerprint density at radius 1 is 1.23 bits per heavy atom. The van der Waals surface area contributed by atoms with Crippen LogP contribution in [0.25, 0.3) is 0 Å². The summed E-state index contributed by atoms with van der Waals surface area (Å²) in [5, 5.41) is 0. The molecule has 0 heterocycles. The Morgan fingerprint density at radius 2 is 1.85 bits per heavy atom. The van der Waals surface area contributed by atoms with Crippen LogP contribution in [0.4, 0.5) is 0 Å². The van der Waals surface area contributed by atoms with E-state index in [0.717, 1.165) is 0 Å². The van der Waals surface area contributed by atoms with Gasteiger partial charge in [-0.2, -0.15) is 0 Å². The average Bonchev–Trinajstić information content (AvgIpc) is 2.04. The molecule has 1 fully saturated rings. The molecule has 0 aliphatic heterocycles. The van der Waals surface area contributed by atoms with Crippen LogP contribution in [-0.4, -0.2) is 6.10 Å². The third-order valence-corrected chi connectivity index (χ3v) is 3.09. The van der Waals surface area contributed by atoms with Gasteiger partial charge in [-0.15, -0.1) is 0 Å². The maximum atomic E-state index is 5.59. The highest BCUT2D eigenvalue weighted by Crippen LogP contribution is 2.39. The maximum Gasteiger partial charge on any atom is 0.101 e. The largest absolute Gasteiger partial charge is 0.498 e. The van der Waals surface area contributed by atoms with Crippen molar-refractivity contribution in [3.05, 3.63) is 12.8 Å². The molecule has 1 heteroatoms. The minimum atomic E-state index is 0.369. The highest BCUT2D eigenvalue weighted by molar-refractivity contribution is 4.85. The highest BCUT2D eigenvalue weighted by Gasteiger charge is 2.34. The summed E-state index contributed by atoms with van der Waals surface area (Å²) >= 11 is 0. The van der Waals surface area contributed by atoms with Crippen molar-refractivity contribution >= 4 is 0 Å². The molecule has 1 nitrogen and oxygen atoms in total. The molecule has 76 valence electrons. The molecule has 0 radical (unpaired) electrons. The van der Waals surface area contributed by atoms with Crippen LogP contribution in [0.1, 0.15) is 46.5 Å². The molecule has 0 unspecified atom stereocenters. The molecule has 1 aliphatic carbocycles. The first kappa shape index (κ1) is 10.6. The smallest absolute Gasteiger partial charge is 0.101 e. The summed E-state index contributed by atoms with van der Waals surface area (Å²) in [6, 6.07) is 0. The van der Waals surface area contributed by atoms with Gasteiger partial charge in [0, 0.05) is 5.92 Å². The third kappa shape index (κ3) is 2.75. The average molecular weight is 182 g/mol. The predicted octanol–water partition coefficient (Wildman–Crippen LogP) is 3.75. The fraction of sp³-hybridized carbons (Fsp3) is 0.833. The number of rotatable bonds is 2. The van der Waals surface area contributed by atoms with Gasteiger partial charge >= 0.3 is 0 Å². The zero-order valence-corrected chi connectivity index (χ0v) is 9.18. The monoisotopic (exact) mass is 182 g/mol. The Hall–Kier alpha value is -0.460. The van der Waals surface area contributed by atoms with E-state index in [9.17, 15) is 0 Å². The maximum absolute atomic E-state index is 5.59. The van der Waals surface area contributed by atoms with Gasteiger partial charge < -0.3 is 4.74 Å². The molecule has 0 spiro atoms. The second kappa shape index (κ2) is 4.17. The molecule has 0 saturated heterocycles. The first-order chi connectivity index (χ1) is 6.05. The van der Waals surface area contributed by atoms with Crippen LogP contribution in [0.2, 0.25) is 0 Å². The standard InChI is InChI=1S/C12H22O/c1-5-13-11-9-7-6-8-10(11)12(2,3)4/h5,10-11H,1,6-9H2,2-4H3/t10-,11+/m1/s1. The lowest BCUT2D eigenvalue weighted by Crippen LogP contribution is -2.35. The summed E-state index contributed by atoms with van der Waals surface area (Å²) in [7, 11) is 0. The van der Waals surface area contributed by atoms with E-state index in [0.29, 0.717) is 17.4 Å². The van der Waals surface area contributed by atoms with Gasteiger partial charge in [0.2, 0.25) is 0 Å². The summed E-state index contributed by atoms with van der Waals surface area (Å²) in [6.45, 7) is 10.6. The fourth-order valence-electron chi connectivity index (χ4n) is 2.37. The van der Waals surface area contributed by atoms with Gasteiger partial charge in [0.25, 0.3) is 0 Å². The van der Waals surface area contributed by atoms with E-state index in [1.807, 2.05) is 0 Å². The molecule has 1 aliphatic rings. The normalized spacial score (nSPS) is 29.8. The molecule has 0 aromatic carbocycles. The predicted molar refractivity (Wildman–Crippen MR) is 56.5 cm³/mol. The summed E-state index contributed by atoms with van der Waals surface area (Å²) in [6.07, 6.45) is 7.19. The molecule has 0 aromatic heterocycles. The molecule has 2 atom stereocenters. The first-order valence-electron chi connectivity index (χ1n) is 5.32. The van der Waals surface area contributed by atoms with E-state index >= 15 is 0 Å². The molecular formula is C12H22O. The molecule has 13 heavy (non-hydrogen) atoms. The van der Waals surface area contributed by atoms with Gasteiger partial charge in [0.1, 0.15) is 6.10 Å². The minimum Gasteiger partial charge on any atom is -0.498 e. The van der Waals surface area contributed by atoms with E-state index in [1.165, 1.54) is 25.7 Å². The number of hydrogen-bond acceptors (Lipinski definition) is 1. The molecular weight excluding hydrogens is 160 g/mol. The molecule has 0 amide bonds. The van der Waals surface area contributed by atoms with Gasteiger partial charge in [-0.3, -0.25) is 0 Å². The van der Waals surface area contributed by atoms with Crippen LogP contribution >= 0.6 is 0 Å². The van der Waals surface area contributed by atoms with Crippen LogP contribution in [0.5, 0.6) is 0 Å². The van der Waals surface area contributed by atoms with E-state index in [2.05, 4.69) is 27.4 Å². The Labute approximate surface area is 82.2 Å². The Bertz CT molecular complexity index is 166. The van der Waals surface area contributed by atoms with Gasteiger partial charge in [-0.25, -0.2) is 0 Å². The number of ether oxygens (including phenoxy) is 1. The van der Waals surface area contributed by atoms with Crippen LogP contribution in [0.15, 0.2) is 12.8 Å². The van der Waals surface area contributed by atoms with Crippen LogP contribution in [0.3, 0.4) is 0 Å². The summed E-state index contributed by atoms with van der Waals surface area (Å²) in [5.74, 6) is 0.694. The van der Waals surface area contributed by atoms with Crippen molar-refractivity contribution in [2.45, 2.75) is 52.6 Å². The van der Waals surface area contributed by atoms with Crippen LogP contribution in [-0.2, 0) is 4.74 Å². The van der Waals surface area contributed by atoms with Gasteiger partial charge in [-0.05, 0) is 24.7 Å². The fourth-order valence-corrected chi connectivity index (χ4v) is 2.37. The van der Waals surface area contributed by atoms with Crippen molar-refractivity contribution in [1.82, 2.24) is 0 Å². The van der Waals surface area contributed by atoms with E-state index in [-0.39, 0.29) is 0 Å². The SMILES string of the molecule is C=CO[C@H]1CCCC[C@H]1C(C)(C)C. The van der Waals surface area contributed by atoms with Crippen molar-refractivity contribution in [2.75, 3.05) is 0 Å². The van der Waals surface area contributed by atoms with Crippen molar-refractivity contribution in [3.63, 3.8) is 0 Å². The summed E-state index contributed by atoms with van der Waals surface area (Å²) < 4.78 is 5.59. The van der Waals surface area contributed by atoms with Crippen molar-refractivity contribution in [3.8, 4) is 0 Å². The second-order valence-corrected chi connectivity index (χ2v) is 5.10. The third-order valence-electron chi connectivity index (χ3n) is 3.09. The van der Waals surface area contributed by atoms with E-state index in [1.54, 1.807) is 6.26 Å². The second-order valence-electron chi connectivity index (χ2n) is 5.10. The molecule has 0 aromatic rings. The zero-order chi connectivity index (χ0) is 9.90. The van der Waals surface area contributed by atoms with Crippen LogP contribution in [0, 0.1) is 11.3 Å². The van der Waals surface area contributed by atoms with Crippen molar-refractivity contribution in [1.29, 1.82) is 0 Å². The molecule has 1 saturated carbocycles. The zero-order valence-electron chi connectivity index (χ0n) is 9.18. The molecule has 1 rings (SSSR count). The lowest BCUT2D eigenvalue weighted by Gasteiger charge is -2.39. The Kier molecular flexibility index (Phi) is 3.40. The lowest BCUT2D eigenvalue weighted by atomic mass is 9.71. The van der Waals surface area contributed by atoms with Crippen molar-refractivity contribution < 1.29 is 4.74 Å². The first-order valence-corrected chi connectivity index (χ1v) is 5.32. The topological polar surface area (TPSA) is 9.23 Å². The van der Waals surface area contributed by atoms with E-state index < -0.39 is 0 Å². The highest BCUT2D eigenvalue weighted by atomic mass is 16.5. The molecule has 0 bridgehead atoms. The summed E-state index contributed by atoms with van der Waals surface area (Å²) in [4.78, 5) is 0. The van der Waals surface area contributed by atoms with Crippen molar-refractivity contribution in [2.24, 2.45) is 11.3 Å². The van der Waals surface area contributed by atoms with Gasteiger partial charge in [-0.1, -0.05) is 33.8 Å². The van der Waals surface area contributed by atoms with E-state index in [4.69, 9.17) is 4.74 Å². The number of hydrogen-bond donors (Lipinski definition) is 0. The molecule has 0 N–H and O–H groups in total.